The summed E-state index contributed by atoms with van der Waals surface area (Å²) in [7, 11) is 0. The highest BCUT2D eigenvalue weighted by Gasteiger charge is 2.20. The Morgan fingerprint density at radius 2 is 2.12 bits per heavy atom. The van der Waals surface area contributed by atoms with Crippen LogP contribution in [-0.4, -0.2) is 12.6 Å². The molecule has 17 heavy (non-hydrogen) atoms. The van der Waals surface area contributed by atoms with E-state index >= 15 is 0 Å². The molecule has 0 saturated carbocycles. The van der Waals surface area contributed by atoms with Crippen molar-refractivity contribution >= 4 is 5.97 Å². The molecule has 1 aromatic rings. The highest BCUT2D eigenvalue weighted by molar-refractivity contribution is 5.88. The molecule has 2 rings (SSSR count). The molecule has 0 heterocycles. The number of carbonyl (C=O) groups excluding carboxylic acids is 1. The number of hydrogen-bond acceptors (Lipinski definition) is 2. The number of carbonyl (C=O) groups is 1. The monoisotopic (exact) mass is 230 g/mol. The topological polar surface area (TPSA) is 26.3 Å². The van der Waals surface area contributed by atoms with Crippen LogP contribution in [-0.2, 0) is 9.53 Å². The Balaban J connectivity index is 2.00. The Hall–Kier alpha value is -1.57. The van der Waals surface area contributed by atoms with E-state index in [0.717, 1.165) is 24.8 Å². The zero-order chi connectivity index (χ0) is 12.1. The quantitative estimate of drug-likeness (QED) is 0.743. The number of ether oxygens (including phenoxy) is 1. The van der Waals surface area contributed by atoms with Gasteiger partial charge in [0.2, 0.25) is 0 Å². The summed E-state index contributed by atoms with van der Waals surface area (Å²) in [6.45, 7) is 2.30. The van der Waals surface area contributed by atoms with Crippen LogP contribution in [0.4, 0.5) is 0 Å². The highest BCUT2D eigenvalue weighted by Crippen LogP contribution is 2.32. The predicted octanol–water partition coefficient (Wildman–Crippen LogP) is 3.44. The van der Waals surface area contributed by atoms with Crippen LogP contribution in [0.1, 0.15) is 37.7 Å². The highest BCUT2D eigenvalue weighted by atomic mass is 16.5. The van der Waals surface area contributed by atoms with Gasteiger partial charge in [-0.1, -0.05) is 36.4 Å². The van der Waals surface area contributed by atoms with Gasteiger partial charge in [-0.05, 0) is 37.7 Å². The molecule has 0 radical (unpaired) electrons. The van der Waals surface area contributed by atoms with Gasteiger partial charge in [0.05, 0.1) is 6.61 Å². The minimum atomic E-state index is -0.140. The van der Waals surface area contributed by atoms with E-state index in [0.29, 0.717) is 12.5 Å². The molecule has 90 valence electrons. The molecular weight excluding hydrogens is 212 g/mol. The summed E-state index contributed by atoms with van der Waals surface area (Å²) in [5.41, 5.74) is 2.21. The number of allylic oxidation sites excluding steroid dienone is 1. The van der Waals surface area contributed by atoms with Gasteiger partial charge in [-0.15, -0.1) is 0 Å². The van der Waals surface area contributed by atoms with Crippen LogP contribution < -0.4 is 0 Å². The Morgan fingerprint density at radius 3 is 2.71 bits per heavy atom. The zero-order valence-corrected chi connectivity index (χ0v) is 10.2. The molecule has 0 unspecified atom stereocenters. The molecule has 0 aliphatic heterocycles. The second-order valence-corrected chi connectivity index (χ2v) is 4.33. The summed E-state index contributed by atoms with van der Waals surface area (Å²) >= 11 is 0. The van der Waals surface area contributed by atoms with E-state index in [-0.39, 0.29) is 5.97 Å². The molecule has 0 saturated heterocycles. The number of hydrogen-bond donors (Lipinski definition) is 0. The fourth-order valence-electron chi connectivity index (χ4n) is 2.27. The van der Waals surface area contributed by atoms with Gasteiger partial charge in [-0.2, -0.15) is 0 Å². The number of benzene rings is 1. The maximum Gasteiger partial charge on any atom is 0.333 e. The van der Waals surface area contributed by atoms with Crippen LogP contribution in [0, 0.1) is 0 Å². The summed E-state index contributed by atoms with van der Waals surface area (Å²) in [6.07, 6.45) is 4.85. The van der Waals surface area contributed by atoms with Crippen LogP contribution in [0.2, 0.25) is 0 Å². The molecule has 0 spiro atoms. The summed E-state index contributed by atoms with van der Waals surface area (Å²) in [5, 5.41) is 0. The Kier molecular flexibility index (Phi) is 3.97. The van der Waals surface area contributed by atoms with Crippen LogP contribution in [0.25, 0.3) is 0 Å². The minimum Gasteiger partial charge on any atom is -0.463 e. The second kappa shape index (κ2) is 5.67. The van der Waals surface area contributed by atoms with Gasteiger partial charge in [0, 0.05) is 5.57 Å². The summed E-state index contributed by atoms with van der Waals surface area (Å²) in [5.74, 6) is 0.411. The molecule has 1 aliphatic rings. The van der Waals surface area contributed by atoms with E-state index in [1.807, 2.05) is 19.1 Å². The molecule has 2 heteroatoms. The third kappa shape index (κ3) is 2.96. The van der Waals surface area contributed by atoms with Crippen molar-refractivity contribution in [3.63, 3.8) is 0 Å². The SMILES string of the molecule is CCOC(=O)C1=CC[C@H](c2ccccc2)CC1. The first-order chi connectivity index (χ1) is 8.31. The summed E-state index contributed by atoms with van der Waals surface area (Å²) in [4.78, 5) is 11.6. The Bertz CT molecular complexity index is 406. The lowest BCUT2D eigenvalue weighted by Crippen LogP contribution is -2.13. The fraction of sp³-hybridized carbons (Fsp3) is 0.400. The minimum absolute atomic E-state index is 0.140. The van der Waals surface area contributed by atoms with Crippen molar-refractivity contribution in [1.82, 2.24) is 0 Å². The summed E-state index contributed by atoms with van der Waals surface area (Å²) in [6, 6.07) is 10.5. The van der Waals surface area contributed by atoms with Crippen molar-refractivity contribution in [2.45, 2.75) is 32.1 Å². The third-order valence-electron chi connectivity index (χ3n) is 3.22. The van der Waals surface area contributed by atoms with Crippen molar-refractivity contribution in [3.05, 3.63) is 47.5 Å². The van der Waals surface area contributed by atoms with Crippen molar-refractivity contribution in [3.8, 4) is 0 Å². The number of rotatable bonds is 3. The van der Waals surface area contributed by atoms with Crippen molar-refractivity contribution in [2.24, 2.45) is 0 Å². The average molecular weight is 230 g/mol. The van der Waals surface area contributed by atoms with Crippen molar-refractivity contribution < 1.29 is 9.53 Å². The van der Waals surface area contributed by atoms with Gasteiger partial charge in [-0.3, -0.25) is 0 Å². The lowest BCUT2D eigenvalue weighted by atomic mass is 9.85. The molecule has 0 N–H and O–H groups in total. The smallest absolute Gasteiger partial charge is 0.333 e. The fourth-order valence-corrected chi connectivity index (χ4v) is 2.27. The molecule has 1 atom stereocenters. The van der Waals surface area contributed by atoms with E-state index in [9.17, 15) is 4.79 Å². The average Bonchev–Trinajstić information content (AvgIpc) is 2.40. The first-order valence-corrected chi connectivity index (χ1v) is 6.22. The van der Waals surface area contributed by atoms with Crippen LogP contribution >= 0.6 is 0 Å². The van der Waals surface area contributed by atoms with Gasteiger partial charge in [0.15, 0.2) is 0 Å². The van der Waals surface area contributed by atoms with E-state index in [2.05, 4.69) is 24.3 Å². The maximum atomic E-state index is 11.6. The molecule has 0 bridgehead atoms. The molecule has 0 fully saturated rings. The normalized spacial score (nSPS) is 19.6. The largest absolute Gasteiger partial charge is 0.463 e. The zero-order valence-electron chi connectivity index (χ0n) is 10.2. The molecule has 2 nitrogen and oxygen atoms in total. The predicted molar refractivity (Wildman–Crippen MR) is 67.8 cm³/mol. The molecule has 0 amide bonds. The lowest BCUT2D eigenvalue weighted by Gasteiger charge is -2.21. The van der Waals surface area contributed by atoms with Gasteiger partial charge in [0.25, 0.3) is 0 Å². The maximum absolute atomic E-state index is 11.6. The molecule has 1 aliphatic carbocycles. The second-order valence-electron chi connectivity index (χ2n) is 4.33. The lowest BCUT2D eigenvalue weighted by molar-refractivity contribution is -0.138. The standard InChI is InChI=1S/C15H18O2/c1-2-17-15(16)14-10-8-13(9-11-14)12-6-4-3-5-7-12/h3-7,10,13H,2,8-9,11H2,1H3/t13-/m0/s1. The molecular formula is C15H18O2. The van der Waals surface area contributed by atoms with E-state index < -0.39 is 0 Å². The third-order valence-corrected chi connectivity index (χ3v) is 3.22. The first kappa shape index (κ1) is 11.9. The van der Waals surface area contributed by atoms with Gasteiger partial charge in [0.1, 0.15) is 0 Å². The van der Waals surface area contributed by atoms with Crippen LogP contribution in [0.3, 0.4) is 0 Å². The Labute approximate surface area is 102 Å². The van der Waals surface area contributed by atoms with E-state index in [4.69, 9.17) is 4.74 Å². The number of esters is 1. The van der Waals surface area contributed by atoms with Gasteiger partial charge >= 0.3 is 5.97 Å². The first-order valence-electron chi connectivity index (χ1n) is 6.22. The Morgan fingerprint density at radius 1 is 1.35 bits per heavy atom. The van der Waals surface area contributed by atoms with Crippen molar-refractivity contribution in [2.75, 3.05) is 6.61 Å². The van der Waals surface area contributed by atoms with E-state index in [1.165, 1.54) is 5.56 Å². The van der Waals surface area contributed by atoms with Crippen molar-refractivity contribution in [1.29, 1.82) is 0 Å². The molecule has 0 aromatic heterocycles. The van der Waals surface area contributed by atoms with Crippen LogP contribution in [0.15, 0.2) is 42.0 Å². The van der Waals surface area contributed by atoms with Gasteiger partial charge < -0.3 is 4.74 Å². The molecule has 1 aromatic carbocycles. The summed E-state index contributed by atoms with van der Waals surface area (Å²) < 4.78 is 5.02. The van der Waals surface area contributed by atoms with Gasteiger partial charge in [-0.25, -0.2) is 4.79 Å². The van der Waals surface area contributed by atoms with E-state index in [1.54, 1.807) is 0 Å². The van der Waals surface area contributed by atoms with Crippen LogP contribution in [0.5, 0.6) is 0 Å².